The van der Waals surface area contributed by atoms with Crippen molar-refractivity contribution in [3.05, 3.63) is 93.1 Å². The molecule has 0 amide bonds. The molecular weight excluding hydrogens is 280 g/mol. The molecule has 22 heavy (non-hydrogen) atoms. The fraction of sp³-hybridized carbons (Fsp3) is 0.0588. The summed E-state index contributed by atoms with van der Waals surface area (Å²) in [5.74, 6) is -0.370. The molecule has 0 aliphatic rings. The minimum atomic E-state index is -0.569. The molecule has 0 spiro atoms. The van der Waals surface area contributed by atoms with E-state index >= 15 is 0 Å². The molecule has 2 aromatic carbocycles. The van der Waals surface area contributed by atoms with Gasteiger partial charge in [-0.05, 0) is 17.7 Å². The SMILES string of the molecule is O=c1cc(O)n(-c2ccccc2)c(=O)n1Cc1ccccc1. The van der Waals surface area contributed by atoms with Crippen LogP contribution in [-0.2, 0) is 6.54 Å². The Morgan fingerprint density at radius 3 is 2.09 bits per heavy atom. The van der Waals surface area contributed by atoms with Crippen LogP contribution in [0, 0.1) is 0 Å². The third kappa shape index (κ3) is 2.56. The first kappa shape index (κ1) is 13.9. The van der Waals surface area contributed by atoms with Crippen molar-refractivity contribution < 1.29 is 5.11 Å². The van der Waals surface area contributed by atoms with E-state index in [2.05, 4.69) is 0 Å². The average Bonchev–Trinajstić information content (AvgIpc) is 2.53. The van der Waals surface area contributed by atoms with Gasteiger partial charge in [-0.15, -0.1) is 0 Å². The molecule has 0 radical (unpaired) electrons. The number of rotatable bonds is 3. The number of aromatic hydroxyl groups is 1. The fourth-order valence-corrected chi connectivity index (χ4v) is 2.30. The van der Waals surface area contributed by atoms with Gasteiger partial charge in [0.1, 0.15) is 0 Å². The number of hydrogen-bond acceptors (Lipinski definition) is 3. The van der Waals surface area contributed by atoms with E-state index in [1.807, 2.05) is 36.4 Å². The van der Waals surface area contributed by atoms with Gasteiger partial charge in [-0.2, -0.15) is 0 Å². The van der Waals surface area contributed by atoms with Crippen LogP contribution in [0.3, 0.4) is 0 Å². The van der Waals surface area contributed by atoms with E-state index in [4.69, 9.17) is 0 Å². The van der Waals surface area contributed by atoms with Gasteiger partial charge in [0.15, 0.2) is 0 Å². The normalized spacial score (nSPS) is 10.5. The van der Waals surface area contributed by atoms with Crippen molar-refractivity contribution in [3.8, 4) is 11.6 Å². The van der Waals surface area contributed by atoms with Crippen molar-refractivity contribution in [3.63, 3.8) is 0 Å². The lowest BCUT2D eigenvalue weighted by atomic mass is 10.2. The first-order valence-corrected chi connectivity index (χ1v) is 6.82. The Kier molecular flexibility index (Phi) is 3.62. The summed E-state index contributed by atoms with van der Waals surface area (Å²) >= 11 is 0. The Balaban J connectivity index is 2.16. The van der Waals surface area contributed by atoms with E-state index in [0.29, 0.717) is 5.69 Å². The van der Waals surface area contributed by atoms with Crippen molar-refractivity contribution in [1.82, 2.24) is 9.13 Å². The third-order valence-electron chi connectivity index (χ3n) is 3.37. The van der Waals surface area contributed by atoms with E-state index in [1.54, 1.807) is 24.3 Å². The predicted octanol–water partition coefficient (Wildman–Crippen LogP) is 1.75. The van der Waals surface area contributed by atoms with E-state index in [0.717, 1.165) is 20.8 Å². The Hall–Kier alpha value is -3.08. The highest BCUT2D eigenvalue weighted by Crippen LogP contribution is 2.11. The van der Waals surface area contributed by atoms with Gasteiger partial charge in [-0.3, -0.25) is 9.36 Å². The van der Waals surface area contributed by atoms with E-state index in [1.165, 1.54) is 0 Å². The van der Waals surface area contributed by atoms with Crippen LogP contribution < -0.4 is 11.2 Å². The monoisotopic (exact) mass is 294 g/mol. The van der Waals surface area contributed by atoms with Crippen molar-refractivity contribution >= 4 is 0 Å². The van der Waals surface area contributed by atoms with Crippen molar-refractivity contribution in [2.24, 2.45) is 0 Å². The second kappa shape index (κ2) is 5.73. The summed E-state index contributed by atoms with van der Waals surface area (Å²) in [6.45, 7) is 0.158. The van der Waals surface area contributed by atoms with Gasteiger partial charge in [0.2, 0.25) is 5.88 Å². The first-order valence-electron chi connectivity index (χ1n) is 6.82. The molecule has 1 N–H and O–H groups in total. The van der Waals surface area contributed by atoms with Gasteiger partial charge in [0, 0.05) is 0 Å². The molecule has 1 aromatic heterocycles. The average molecular weight is 294 g/mol. The van der Waals surface area contributed by atoms with Gasteiger partial charge in [-0.1, -0.05) is 48.5 Å². The summed E-state index contributed by atoms with van der Waals surface area (Å²) in [4.78, 5) is 24.6. The number of hydrogen-bond donors (Lipinski definition) is 1. The highest BCUT2D eigenvalue weighted by molar-refractivity contribution is 5.35. The lowest BCUT2D eigenvalue weighted by molar-refractivity contribution is 0.423. The molecule has 5 nitrogen and oxygen atoms in total. The molecule has 3 rings (SSSR count). The van der Waals surface area contributed by atoms with Crippen LogP contribution in [0.2, 0.25) is 0 Å². The molecule has 5 heteroatoms. The molecule has 0 saturated carbocycles. The van der Waals surface area contributed by atoms with Crippen LogP contribution in [0.4, 0.5) is 0 Å². The van der Waals surface area contributed by atoms with E-state index in [9.17, 15) is 14.7 Å². The van der Waals surface area contributed by atoms with E-state index in [-0.39, 0.29) is 12.4 Å². The predicted molar refractivity (Wildman–Crippen MR) is 83.5 cm³/mol. The summed E-state index contributed by atoms with van der Waals surface area (Å²) < 4.78 is 2.21. The van der Waals surface area contributed by atoms with Gasteiger partial charge >= 0.3 is 5.69 Å². The van der Waals surface area contributed by atoms with Crippen molar-refractivity contribution in [2.75, 3.05) is 0 Å². The minimum absolute atomic E-state index is 0.158. The van der Waals surface area contributed by atoms with Crippen molar-refractivity contribution in [2.45, 2.75) is 6.54 Å². The van der Waals surface area contributed by atoms with Crippen LogP contribution >= 0.6 is 0 Å². The molecule has 0 aliphatic heterocycles. The van der Waals surface area contributed by atoms with Crippen LogP contribution in [0.25, 0.3) is 5.69 Å². The second-order valence-electron chi connectivity index (χ2n) is 4.87. The van der Waals surface area contributed by atoms with Crippen molar-refractivity contribution in [1.29, 1.82) is 0 Å². The first-order chi connectivity index (χ1) is 10.7. The third-order valence-corrected chi connectivity index (χ3v) is 3.37. The Morgan fingerprint density at radius 2 is 1.45 bits per heavy atom. The van der Waals surface area contributed by atoms with Gasteiger partial charge in [0.25, 0.3) is 5.56 Å². The topological polar surface area (TPSA) is 64.2 Å². The molecule has 0 aliphatic carbocycles. The smallest absolute Gasteiger partial charge is 0.338 e. The van der Waals surface area contributed by atoms with Gasteiger partial charge in [0.05, 0.1) is 18.3 Å². The molecule has 0 bridgehead atoms. The van der Waals surface area contributed by atoms with Crippen LogP contribution in [0.15, 0.2) is 76.3 Å². The Morgan fingerprint density at radius 1 is 0.864 bits per heavy atom. The molecule has 0 saturated heterocycles. The molecule has 0 unspecified atom stereocenters. The Labute approximate surface area is 126 Å². The van der Waals surface area contributed by atoms with Crippen LogP contribution in [0.1, 0.15) is 5.56 Å². The highest BCUT2D eigenvalue weighted by atomic mass is 16.3. The summed E-state index contributed by atoms with van der Waals surface area (Å²) in [5.41, 5.74) is 0.248. The highest BCUT2D eigenvalue weighted by Gasteiger charge is 2.12. The van der Waals surface area contributed by atoms with Gasteiger partial charge < -0.3 is 5.11 Å². The lowest BCUT2D eigenvalue weighted by Crippen LogP contribution is -2.38. The number of para-hydroxylation sites is 1. The quantitative estimate of drug-likeness (QED) is 0.800. The standard InChI is InChI=1S/C17H14N2O3/c20-15-11-16(21)19(14-9-5-2-6-10-14)17(22)18(15)12-13-7-3-1-4-8-13/h1-11,21H,12H2. The number of aromatic nitrogens is 2. The molecular formula is C17H14N2O3. The fourth-order valence-electron chi connectivity index (χ4n) is 2.30. The molecule has 0 fully saturated rings. The summed E-state index contributed by atoms with van der Waals surface area (Å²) in [7, 11) is 0. The van der Waals surface area contributed by atoms with Crippen LogP contribution in [0.5, 0.6) is 5.88 Å². The zero-order chi connectivity index (χ0) is 15.5. The Bertz CT molecular complexity index is 897. The molecule has 3 aromatic rings. The number of nitrogens with zero attached hydrogens (tertiary/aromatic N) is 2. The van der Waals surface area contributed by atoms with Gasteiger partial charge in [-0.25, -0.2) is 9.36 Å². The second-order valence-corrected chi connectivity index (χ2v) is 4.87. The van der Waals surface area contributed by atoms with Crippen LogP contribution in [-0.4, -0.2) is 14.2 Å². The summed E-state index contributed by atoms with van der Waals surface area (Å²) in [5, 5.41) is 9.97. The lowest BCUT2D eigenvalue weighted by Gasteiger charge is -2.12. The largest absolute Gasteiger partial charge is 0.494 e. The molecule has 0 atom stereocenters. The molecule has 110 valence electrons. The maximum Gasteiger partial charge on any atom is 0.338 e. The summed E-state index contributed by atoms with van der Waals surface area (Å²) in [6, 6.07) is 19.0. The minimum Gasteiger partial charge on any atom is -0.494 e. The maximum absolute atomic E-state index is 12.6. The molecule has 1 heterocycles. The van der Waals surface area contributed by atoms with E-state index < -0.39 is 11.2 Å². The zero-order valence-electron chi connectivity index (χ0n) is 11.7. The summed E-state index contributed by atoms with van der Waals surface area (Å²) in [6.07, 6.45) is 0. The maximum atomic E-state index is 12.6. The zero-order valence-corrected chi connectivity index (χ0v) is 11.7. The number of benzene rings is 2.